The molecule has 2 aliphatic carbocycles. The predicted molar refractivity (Wildman–Crippen MR) is 112 cm³/mol. The lowest BCUT2D eigenvalue weighted by molar-refractivity contribution is -0.0795. The first-order valence-corrected chi connectivity index (χ1v) is 11.5. The van der Waals surface area contributed by atoms with Crippen molar-refractivity contribution in [2.24, 2.45) is 40.2 Å². The first-order chi connectivity index (χ1) is 11.7. The molecule has 2 fully saturated rings. The van der Waals surface area contributed by atoms with Gasteiger partial charge in [-0.3, -0.25) is 0 Å². The normalized spacial score (nSPS) is 40.9. The molecular formula is C24H47N. The summed E-state index contributed by atoms with van der Waals surface area (Å²) in [5, 5.41) is 0. The van der Waals surface area contributed by atoms with Crippen molar-refractivity contribution in [3.63, 3.8) is 0 Å². The zero-order valence-corrected chi connectivity index (χ0v) is 18.5. The molecule has 2 rings (SSSR count). The summed E-state index contributed by atoms with van der Waals surface area (Å²) in [4.78, 5) is 0. The van der Waals surface area contributed by atoms with Crippen molar-refractivity contribution in [1.29, 1.82) is 0 Å². The monoisotopic (exact) mass is 349 g/mol. The summed E-state index contributed by atoms with van der Waals surface area (Å²) in [7, 11) is 0. The van der Waals surface area contributed by atoms with Gasteiger partial charge in [0.2, 0.25) is 0 Å². The SMILES string of the molecule is CCCCC(C)(C(C)C)C1CCC2(C)C(CCC)CCC2C1(N)CC. The van der Waals surface area contributed by atoms with Gasteiger partial charge in [0, 0.05) is 5.54 Å². The summed E-state index contributed by atoms with van der Waals surface area (Å²) in [6, 6.07) is 0. The van der Waals surface area contributed by atoms with E-state index in [0.717, 1.165) is 24.2 Å². The third kappa shape index (κ3) is 3.44. The minimum atomic E-state index is 0.0439. The molecule has 0 saturated heterocycles. The van der Waals surface area contributed by atoms with Gasteiger partial charge in [-0.1, -0.05) is 74.1 Å². The first kappa shape index (κ1) is 21.3. The summed E-state index contributed by atoms with van der Waals surface area (Å²) < 4.78 is 0. The van der Waals surface area contributed by atoms with Crippen molar-refractivity contribution >= 4 is 0 Å². The highest BCUT2D eigenvalue weighted by atomic mass is 14.8. The predicted octanol–water partition coefficient (Wildman–Crippen LogP) is 7.19. The smallest absolute Gasteiger partial charge is 0.0219 e. The lowest BCUT2D eigenvalue weighted by atomic mass is 9.47. The lowest BCUT2D eigenvalue weighted by Crippen LogP contribution is -2.64. The number of nitrogens with two attached hydrogens (primary N) is 1. The molecule has 1 nitrogen and oxygen atoms in total. The molecule has 148 valence electrons. The average Bonchev–Trinajstić information content (AvgIpc) is 2.91. The van der Waals surface area contributed by atoms with Crippen LogP contribution in [0.4, 0.5) is 0 Å². The molecule has 6 unspecified atom stereocenters. The highest BCUT2D eigenvalue weighted by molar-refractivity contribution is 5.14. The Kier molecular flexibility index (Phi) is 6.73. The van der Waals surface area contributed by atoms with E-state index in [1.54, 1.807) is 0 Å². The summed E-state index contributed by atoms with van der Waals surface area (Å²) >= 11 is 0. The third-order valence-electron chi connectivity index (χ3n) is 9.24. The lowest BCUT2D eigenvalue weighted by Gasteiger charge is -2.60. The Labute approximate surface area is 158 Å². The fourth-order valence-corrected chi connectivity index (χ4v) is 7.22. The van der Waals surface area contributed by atoms with Crippen LogP contribution < -0.4 is 5.73 Å². The summed E-state index contributed by atoms with van der Waals surface area (Å²) in [6.07, 6.45) is 13.5. The molecule has 2 saturated carbocycles. The molecule has 0 spiro atoms. The van der Waals surface area contributed by atoms with Gasteiger partial charge in [-0.2, -0.15) is 0 Å². The summed E-state index contributed by atoms with van der Waals surface area (Å²) in [5.41, 5.74) is 8.36. The quantitative estimate of drug-likeness (QED) is 0.493. The molecule has 0 radical (unpaired) electrons. The maximum absolute atomic E-state index is 7.43. The van der Waals surface area contributed by atoms with Gasteiger partial charge in [-0.15, -0.1) is 0 Å². The van der Waals surface area contributed by atoms with E-state index >= 15 is 0 Å². The van der Waals surface area contributed by atoms with Crippen molar-refractivity contribution < 1.29 is 0 Å². The van der Waals surface area contributed by atoms with Crippen LogP contribution >= 0.6 is 0 Å². The van der Waals surface area contributed by atoms with E-state index in [4.69, 9.17) is 5.73 Å². The Hall–Kier alpha value is -0.0400. The highest BCUT2D eigenvalue weighted by Crippen LogP contribution is 2.65. The van der Waals surface area contributed by atoms with Gasteiger partial charge in [-0.25, -0.2) is 0 Å². The number of rotatable bonds is 8. The van der Waals surface area contributed by atoms with Gasteiger partial charge in [-0.05, 0) is 73.0 Å². The Bertz CT molecular complexity index is 430. The molecular weight excluding hydrogens is 302 g/mol. The number of unbranched alkanes of at least 4 members (excludes halogenated alkanes) is 1. The number of fused-ring (bicyclic) bond motifs is 1. The standard InChI is InChI=1S/C24H47N/c1-8-11-16-22(6,18(4)5)21-15-17-23(7)19(12-9-2)13-14-20(23)24(21,25)10-3/h18-21H,8-17,25H2,1-7H3. The van der Waals surface area contributed by atoms with E-state index in [1.807, 2.05) is 0 Å². The van der Waals surface area contributed by atoms with Crippen LogP contribution in [0.3, 0.4) is 0 Å². The third-order valence-corrected chi connectivity index (χ3v) is 9.24. The molecule has 0 amide bonds. The van der Waals surface area contributed by atoms with E-state index in [-0.39, 0.29) is 5.54 Å². The number of hydrogen-bond donors (Lipinski definition) is 1. The van der Waals surface area contributed by atoms with E-state index in [1.165, 1.54) is 57.8 Å². The molecule has 0 aromatic carbocycles. The molecule has 6 atom stereocenters. The topological polar surface area (TPSA) is 26.0 Å². The Morgan fingerprint density at radius 2 is 1.76 bits per heavy atom. The minimum absolute atomic E-state index is 0.0439. The Balaban J connectivity index is 2.37. The molecule has 2 aliphatic rings. The van der Waals surface area contributed by atoms with Crippen LogP contribution in [0.2, 0.25) is 0 Å². The molecule has 0 heterocycles. The van der Waals surface area contributed by atoms with E-state index in [0.29, 0.717) is 16.7 Å². The van der Waals surface area contributed by atoms with Crippen LogP contribution in [0.5, 0.6) is 0 Å². The second kappa shape index (κ2) is 7.91. The van der Waals surface area contributed by atoms with Crippen molar-refractivity contribution in [3.8, 4) is 0 Å². The van der Waals surface area contributed by atoms with E-state index in [9.17, 15) is 0 Å². The van der Waals surface area contributed by atoms with Gasteiger partial charge < -0.3 is 5.73 Å². The molecule has 0 aromatic heterocycles. The average molecular weight is 350 g/mol. The Morgan fingerprint density at radius 1 is 1.08 bits per heavy atom. The molecule has 0 aromatic rings. The van der Waals surface area contributed by atoms with Crippen LogP contribution in [0.25, 0.3) is 0 Å². The van der Waals surface area contributed by atoms with Crippen molar-refractivity contribution in [1.82, 2.24) is 0 Å². The zero-order valence-electron chi connectivity index (χ0n) is 18.5. The molecule has 2 N–H and O–H groups in total. The molecule has 0 bridgehead atoms. The van der Waals surface area contributed by atoms with E-state index < -0.39 is 0 Å². The molecule has 1 heteroatoms. The van der Waals surface area contributed by atoms with Crippen LogP contribution in [-0.2, 0) is 0 Å². The Morgan fingerprint density at radius 3 is 2.28 bits per heavy atom. The second-order valence-electron chi connectivity index (χ2n) is 10.4. The minimum Gasteiger partial charge on any atom is -0.325 e. The highest BCUT2D eigenvalue weighted by Gasteiger charge is 2.61. The first-order valence-electron chi connectivity index (χ1n) is 11.5. The second-order valence-corrected chi connectivity index (χ2v) is 10.4. The van der Waals surface area contributed by atoms with Crippen molar-refractivity contribution in [2.45, 2.75) is 118 Å². The van der Waals surface area contributed by atoms with Crippen molar-refractivity contribution in [3.05, 3.63) is 0 Å². The van der Waals surface area contributed by atoms with Crippen LogP contribution in [0, 0.1) is 34.5 Å². The van der Waals surface area contributed by atoms with Gasteiger partial charge in [0.25, 0.3) is 0 Å². The fraction of sp³-hybridized carbons (Fsp3) is 1.00. The maximum Gasteiger partial charge on any atom is 0.0219 e. The fourth-order valence-electron chi connectivity index (χ4n) is 7.22. The van der Waals surface area contributed by atoms with Gasteiger partial charge in [0.15, 0.2) is 0 Å². The van der Waals surface area contributed by atoms with E-state index in [2.05, 4.69) is 48.5 Å². The summed E-state index contributed by atoms with van der Waals surface area (Å²) in [5.74, 6) is 3.06. The molecule has 25 heavy (non-hydrogen) atoms. The largest absolute Gasteiger partial charge is 0.325 e. The van der Waals surface area contributed by atoms with Crippen LogP contribution in [0.1, 0.15) is 113 Å². The van der Waals surface area contributed by atoms with Gasteiger partial charge >= 0.3 is 0 Å². The zero-order chi connectivity index (χ0) is 18.9. The molecule has 0 aliphatic heterocycles. The van der Waals surface area contributed by atoms with Gasteiger partial charge in [0.1, 0.15) is 0 Å². The van der Waals surface area contributed by atoms with Crippen molar-refractivity contribution in [2.75, 3.05) is 0 Å². The maximum atomic E-state index is 7.43. The van der Waals surface area contributed by atoms with Crippen LogP contribution in [0.15, 0.2) is 0 Å². The summed E-state index contributed by atoms with van der Waals surface area (Å²) in [6.45, 7) is 17.2. The number of hydrogen-bond acceptors (Lipinski definition) is 1. The van der Waals surface area contributed by atoms with Gasteiger partial charge in [0.05, 0.1) is 0 Å². The van der Waals surface area contributed by atoms with Crippen LogP contribution in [-0.4, -0.2) is 5.54 Å².